The molecule has 0 bridgehead atoms. The van der Waals surface area contributed by atoms with Crippen molar-refractivity contribution in [1.29, 1.82) is 0 Å². The van der Waals surface area contributed by atoms with Crippen LogP contribution < -0.4 is 4.90 Å². The molecule has 0 unspecified atom stereocenters. The van der Waals surface area contributed by atoms with Gasteiger partial charge in [-0.25, -0.2) is 0 Å². The number of nitrogens with zero attached hydrogens (tertiary/aromatic N) is 1. The molecular weight excluding hydrogens is 230 g/mol. The molecule has 0 saturated heterocycles. The molecule has 0 saturated carbocycles. The first-order valence-corrected chi connectivity index (χ1v) is 6.76. The third-order valence-corrected chi connectivity index (χ3v) is 3.12. The van der Waals surface area contributed by atoms with Crippen LogP contribution in [0.25, 0.3) is 0 Å². The second-order valence-corrected chi connectivity index (χ2v) is 4.31. The van der Waals surface area contributed by atoms with Gasteiger partial charge in [0.15, 0.2) is 0 Å². The maximum atomic E-state index is 3.29. The van der Waals surface area contributed by atoms with Crippen molar-refractivity contribution in [3.8, 4) is 11.8 Å². The van der Waals surface area contributed by atoms with Crippen LogP contribution in [0, 0.1) is 11.8 Å². The van der Waals surface area contributed by atoms with Gasteiger partial charge in [0.05, 0.1) is 5.69 Å². The highest BCUT2D eigenvalue weighted by atomic mass is 15.1. The average Bonchev–Trinajstić information content (AvgIpc) is 2.48. The summed E-state index contributed by atoms with van der Waals surface area (Å²) in [6, 6.07) is 18.4. The summed E-state index contributed by atoms with van der Waals surface area (Å²) in [6.45, 7) is 6.34. The molecule has 0 heterocycles. The van der Waals surface area contributed by atoms with Gasteiger partial charge in [0, 0.05) is 24.2 Å². The summed E-state index contributed by atoms with van der Waals surface area (Å²) in [6.07, 6.45) is 0. The van der Waals surface area contributed by atoms with E-state index in [1.165, 1.54) is 5.69 Å². The third-order valence-electron chi connectivity index (χ3n) is 3.12. The maximum Gasteiger partial charge on any atom is 0.0525 e. The Balaban J connectivity index is 2.33. The largest absolute Gasteiger partial charge is 0.371 e. The summed E-state index contributed by atoms with van der Waals surface area (Å²) in [5.41, 5.74) is 3.36. The van der Waals surface area contributed by atoms with Crippen LogP contribution in [0.1, 0.15) is 25.0 Å². The normalized spacial score (nSPS) is 9.58. The van der Waals surface area contributed by atoms with Gasteiger partial charge in [-0.15, -0.1) is 0 Å². The van der Waals surface area contributed by atoms with Gasteiger partial charge in [-0.05, 0) is 38.1 Å². The Hall–Kier alpha value is -2.20. The average molecular weight is 249 g/mol. The van der Waals surface area contributed by atoms with Gasteiger partial charge in [-0.3, -0.25) is 0 Å². The lowest BCUT2D eigenvalue weighted by atomic mass is 10.1. The SMILES string of the molecule is CCN(CC)c1ccccc1C#Cc1ccccc1. The van der Waals surface area contributed by atoms with Gasteiger partial charge < -0.3 is 4.90 Å². The van der Waals surface area contributed by atoms with Gasteiger partial charge in [0.2, 0.25) is 0 Å². The quantitative estimate of drug-likeness (QED) is 0.745. The van der Waals surface area contributed by atoms with E-state index < -0.39 is 0 Å². The molecule has 19 heavy (non-hydrogen) atoms. The Kier molecular flexibility index (Phi) is 4.64. The summed E-state index contributed by atoms with van der Waals surface area (Å²) in [5, 5.41) is 0. The van der Waals surface area contributed by atoms with Crippen LogP contribution in [0.15, 0.2) is 54.6 Å². The monoisotopic (exact) mass is 249 g/mol. The van der Waals surface area contributed by atoms with Gasteiger partial charge in [0.25, 0.3) is 0 Å². The molecule has 0 spiro atoms. The third kappa shape index (κ3) is 3.39. The molecule has 0 N–H and O–H groups in total. The van der Waals surface area contributed by atoms with Crippen LogP contribution in [-0.2, 0) is 0 Å². The van der Waals surface area contributed by atoms with Gasteiger partial charge in [0.1, 0.15) is 0 Å². The van der Waals surface area contributed by atoms with Crippen molar-refractivity contribution in [2.45, 2.75) is 13.8 Å². The first-order valence-electron chi connectivity index (χ1n) is 6.76. The van der Waals surface area contributed by atoms with Crippen molar-refractivity contribution < 1.29 is 0 Å². The topological polar surface area (TPSA) is 3.24 Å². The molecule has 0 amide bonds. The summed E-state index contributed by atoms with van der Waals surface area (Å²) in [5.74, 6) is 6.51. The smallest absolute Gasteiger partial charge is 0.0525 e. The van der Waals surface area contributed by atoms with Crippen LogP contribution in [-0.4, -0.2) is 13.1 Å². The number of para-hydroxylation sites is 1. The molecule has 0 fully saturated rings. The molecule has 0 aliphatic heterocycles. The molecule has 0 radical (unpaired) electrons. The number of hydrogen-bond acceptors (Lipinski definition) is 1. The standard InChI is InChI=1S/C18H19N/c1-3-19(4-2)18-13-9-8-12-17(18)15-14-16-10-6-5-7-11-16/h5-13H,3-4H2,1-2H3. The van der Waals surface area contributed by atoms with Gasteiger partial charge in [-0.2, -0.15) is 0 Å². The molecule has 2 aromatic rings. The fourth-order valence-corrected chi connectivity index (χ4v) is 2.08. The van der Waals surface area contributed by atoms with E-state index in [1.54, 1.807) is 0 Å². The molecule has 0 aliphatic carbocycles. The maximum absolute atomic E-state index is 3.29. The van der Waals surface area contributed by atoms with E-state index in [-0.39, 0.29) is 0 Å². The Labute approximate surface area is 115 Å². The number of anilines is 1. The van der Waals surface area contributed by atoms with Crippen LogP contribution >= 0.6 is 0 Å². The molecule has 1 nitrogen and oxygen atoms in total. The van der Waals surface area contributed by atoms with Crippen LogP contribution in [0.3, 0.4) is 0 Å². The van der Waals surface area contributed by atoms with Crippen molar-refractivity contribution >= 4 is 5.69 Å². The number of benzene rings is 2. The van der Waals surface area contributed by atoms with E-state index in [0.717, 1.165) is 24.2 Å². The highest BCUT2D eigenvalue weighted by molar-refractivity contribution is 5.61. The van der Waals surface area contributed by atoms with Crippen molar-refractivity contribution in [3.63, 3.8) is 0 Å². The van der Waals surface area contributed by atoms with E-state index in [9.17, 15) is 0 Å². The summed E-state index contributed by atoms with van der Waals surface area (Å²) in [4.78, 5) is 2.33. The van der Waals surface area contributed by atoms with Crippen LogP contribution in [0.5, 0.6) is 0 Å². The number of hydrogen-bond donors (Lipinski definition) is 0. The lowest BCUT2D eigenvalue weighted by Crippen LogP contribution is -2.22. The first-order chi connectivity index (χ1) is 9.35. The lowest BCUT2D eigenvalue weighted by Gasteiger charge is -2.22. The Morgan fingerprint density at radius 2 is 1.42 bits per heavy atom. The van der Waals surface area contributed by atoms with Gasteiger partial charge in [-0.1, -0.05) is 42.2 Å². The zero-order valence-electron chi connectivity index (χ0n) is 11.6. The minimum Gasteiger partial charge on any atom is -0.371 e. The lowest BCUT2D eigenvalue weighted by molar-refractivity contribution is 0.865. The summed E-state index contributed by atoms with van der Waals surface area (Å²) < 4.78 is 0. The highest BCUT2D eigenvalue weighted by Crippen LogP contribution is 2.19. The highest BCUT2D eigenvalue weighted by Gasteiger charge is 2.05. The molecular formula is C18H19N. The second kappa shape index (κ2) is 6.66. The summed E-state index contributed by atoms with van der Waals surface area (Å²) in [7, 11) is 0. The van der Waals surface area contributed by atoms with Crippen LogP contribution in [0.4, 0.5) is 5.69 Å². The molecule has 1 heteroatoms. The molecule has 2 aromatic carbocycles. The van der Waals surface area contributed by atoms with E-state index in [2.05, 4.69) is 48.8 Å². The Morgan fingerprint density at radius 3 is 2.11 bits per heavy atom. The molecule has 0 atom stereocenters. The molecule has 0 aromatic heterocycles. The van der Waals surface area contributed by atoms with Crippen molar-refractivity contribution in [3.05, 3.63) is 65.7 Å². The predicted molar refractivity (Wildman–Crippen MR) is 82.4 cm³/mol. The molecule has 2 rings (SSSR count). The van der Waals surface area contributed by atoms with Crippen molar-refractivity contribution in [1.82, 2.24) is 0 Å². The fraction of sp³-hybridized carbons (Fsp3) is 0.222. The minimum absolute atomic E-state index is 1.00. The second-order valence-electron chi connectivity index (χ2n) is 4.31. The van der Waals surface area contributed by atoms with Gasteiger partial charge >= 0.3 is 0 Å². The fourth-order valence-electron chi connectivity index (χ4n) is 2.08. The number of rotatable bonds is 3. The molecule has 0 aliphatic rings. The molecule has 96 valence electrons. The first kappa shape index (κ1) is 13.2. The van der Waals surface area contributed by atoms with E-state index in [0.29, 0.717) is 0 Å². The van der Waals surface area contributed by atoms with E-state index >= 15 is 0 Å². The Morgan fingerprint density at radius 1 is 0.789 bits per heavy atom. The zero-order valence-corrected chi connectivity index (χ0v) is 11.6. The predicted octanol–water partition coefficient (Wildman–Crippen LogP) is 3.93. The van der Waals surface area contributed by atoms with Crippen molar-refractivity contribution in [2.24, 2.45) is 0 Å². The van der Waals surface area contributed by atoms with E-state index in [4.69, 9.17) is 0 Å². The Bertz CT molecular complexity index is 571. The summed E-state index contributed by atoms with van der Waals surface area (Å²) >= 11 is 0. The van der Waals surface area contributed by atoms with E-state index in [1.807, 2.05) is 36.4 Å². The van der Waals surface area contributed by atoms with Crippen molar-refractivity contribution in [2.75, 3.05) is 18.0 Å². The zero-order chi connectivity index (χ0) is 13.5. The van der Waals surface area contributed by atoms with Crippen LogP contribution in [0.2, 0.25) is 0 Å². The minimum atomic E-state index is 1.00.